The smallest absolute Gasteiger partial charge is 0.0893 e. The minimum atomic E-state index is 0.335. The number of nitrogens with zero attached hydrogens (tertiary/aromatic N) is 2. The predicted molar refractivity (Wildman–Crippen MR) is 66.3 cm³/mol. The van der Waals surface area contributed by atoms with Gasteiger partial charge in [0.1, 0.15) is 0 Å². The Morgan fingerprint density at radius 2 is 2.06 bits per heavy atom. The minimum Gasteiger partial charge on any atom is -0.304 e. The molecule has 0 amide bonds. The van der Waals surface area contributed by atoms with E-state index in [1.807, 2.05) is 5.38 Å². The number of rotatable bonds is 4. The lowest BCUT2D eigenvalue weighted by Crippen LogP contribution is -2.18. The van der Waals surface area contributed by atoms with E-state index in [1.165, 1.54) is 22.7 Å². The Hall–Kier alpha value is -1.26. The summed E-state index contributed by atoms with van der Waals surface area (Å²) in [5.74, 6) is 0. The fourth-order valence-corrected chi connectivity index (χ4v) is 1.94. The van der Waals surface area contributed by atoms with Gasteiger partial charge in [-0.3, -0.25) is 0 Å². The van der Waals surface area contributed by atoms with E-state index in [0.717, 1.165) is 12.2 Å². The minimum absolute atomic E-state index is 0.335. The molecule has 4 heteroatoms. The maximum absolute atomic E-state index is 4.00. The molecule has 0 aliphatic rings. The van der Waals surface area contributed by atoms with Gasteiger partial charge in [-0.05, 0) is 30.9 Å². The highest BCUT2D eigenvalue weighted by Crippen LogP contribution is 2.13. The third-order valence-corrected chi connectivity index (χ3v) is 3.13. The monoisotopic (exact) mass is 233 g/mol. The molecule has 16 heavy (non-hydrogen) atoms. The molecule has 1 aromatic carbocycles. The van der Waals surface area contributed by atoms with Crippen LogP contribution in [0.3, 0.4) is 0 Å². The summed E-state index contributed by atoms with van der Waals surface area (Å²) >= 11 is 1.39. The summed E-state index contributed by atoms with van der Waals surface area (Å²) in [5.41, 5.74) is 3.59. The SMILES string of the molecule is Cc1ccc(C(C)NCc2csnn2)cc1. The van der Waals surface area contributed by atoms with Crippen molar-refractivity contribution in [2.75, 3.05) is 0 Å². The Balaban J connectivity index is 1.93. The third kappa shape index (κ3) is 2.87. The average Bonchev–Trinajstić information content (AvgIpc) is 2.80. The van der Waals surface area contributed by atoms with Gasteiger partial charge < -0.3 is 5.32 Å². The molecule has 1 N–H and O–H groups in total. The van der Waals surface area contributed by atoms with Gasteiger partial charge in [0.05, 0.1) is 5.69 Å². The van der Waals surface area contributed by atoms with Crippen molar-refractivity contribution in [2.24, 2.45) is 0 Å². The van der Waals surface area contributed by atoms with Crippen molar-refractivity contribution < 1.29 is 0 Å². The lowest BCUT2D eigenvalue weighted by molar-refractivity contribution is 0.567. The number of nitrogens with one attached hydrogen (secondary N) is 1. The van der Waals surface area contributed by atoms with Crippen molar-refractivity contribution in [3.63, 3.8) is 0 Å². The van der Waals surface area contributed by atoms with Gasteiger partial charge in [-0.25, -0.2) is 0 Å². The zero-order valence-corrected chi connectivity index (χ0v) is 10.3. The van der Waals surface area contributed by atoms with Gasteiger partial charge in [-0.1, -0.05) is 34.3 Å². The third-order valence-electron chi connectivity index (χ3n) is 2.57. The summed E-state index contributed by atoms with van der Waals surface area (Å²) in [4.78, 5) is 0. The molecule has 0 aliphatic carbocycles. The summed E-state index contributed by atoms with van der Waals surface area (Å²) in [6, 6.07) is 8.93. The van der Waals surface area contributed by atoms with E-state index in [1.54, 1.807) is 0 Å². The second-order valence-electron chi connectivity index (χ2n) is 3.91. The average molecular weight is 233 g/mol. The highest BCUT2D eigenvalue weighted by atomic mass is 32.1. The Morgan fingerprint density at radius 3 is 2.69 bits per heavy atom. The molecule has 1 atom stereocenters. The summed E-state index contributed by atoms with van der Waals surface area (Å²) in [6.45, 7) is 5.03. The summed E-state index contributed by atoms with van der Waals surface area (Å²) in [5, 5.41) is 9.39. The molecule has 1 unspecified atom stereocenters. The van der Waals surface area contributed by atoms with Crippen LogP contribution in [0, 0.1) is 6.92 Å². The molecule has 1 aromatic heterocycles. The van der Waals surface area contributed by atoms with E-state index < -0.39 is 0 Å². The lowest BCUT2D eigenvalue weighted by Gasteiger charge is -2.13. The van der Waals surface area contributed by atoms with Crippen molar-refractivity contribution in [3.05, 3.63) is 46.5 Å². The molecule has 0 bridgehead atoms. The maximum Gasteiger partial charge on any atom is 0.0893 e. The van der Waals surface area contributed by atoms with Crippen LogP contribution in [0.2, 0.25) is 0 Å². The Morgan fingerprint density at radius 1 is 1.31 bits per heavy atom. The van der Waals surface area contributed by atoms with Crippen LogP contribution in [0.5, 0.6) is 0 Å². The van der Waals surface area contributed by atoms with Crippen molar-refractivity contribution in [1.82, 2.24) is 14.9 Å². The van der Waals surface area contributed by atoms with Crippen molar-refractivity contribution in [2.45, 2.75) is 26.4 Å². The van der Waals surface area contributed by atoms with Crippen LogP contribution < -0.4 is 5.32 Å². The molecule has 0 spiro atoms. The Kier molecular flexibility index (Phi) is 3.64. The predicted octanol–water partition coefficient (Wildman–Crippen LogP) is 2.70. The van der Waals surface area contributed by atoms with E-state index in [-0.39, 0.29) is 0 Å². The van der Waals surface area contributed by atoms with Crippen LogP contribution in [0.15, 0.2) is 29.6 Å². The van der Waals surface area contributed by atoms with Gasteiger partial charge in [0.15, 0.2) is 0 Å². The van der Waals surface area contributed by atoms with Crippen LogP contribution >= 0.6 is 11.5 Å². The molecule has 0 saturated heterocycles. The van der Waals surface area contributed by atoms with Crippen molar-refractivity contribution in [1.29, 1.82) is 0 Å². The van der Waals surface area contributed by atoms with Crippen LogP contribution in [0.1, 0.15) is 29.8 Å². The molecule has 1 heterocycles. The Bertz CT molecular complexity index is 422. The van der Waals surface area contributed by atoms with E-state index in [4.69, 9.17) is 0 Å². The highest BCUT2D eigenvalue weighted by molar-refractivity contribution is 7.03. The van der Waals surface area contributed by atoms with Gasteiger partial charge in [0.2, 0.25) is 0 Å². The highest BCUT2D eigenvalue weighted by Gasteiger charge is 2.05. The first-order valence-corrected chi connectivity index (χ1v) is 6.15. The van der Waals surface area contributed by atoms with Crippen LogP contribution in [0.4, 0.5) is 0 Å². The van der Waals surface area contributed by atoms with Gasteiger partial charge >= 0.3 is 0 Å². The lowest BCUT2D eigenvalue weighted by atomic mass is 10.1. The van der Waals surface area contributed by atoms with Crippen molar-refractivity contribution >= 4 is 11.5 Å². The Labute approximate surface area is 99.7 Å². The normalized spacial score (nSPS) is 12.6. The summed E-state index contributed by atoms with van der Waals surface area (Å²) in [7, 11) is 0. The first kappa shape index (κ1) is 11.2. The van der Waals surface area contributed by atoms with Crippen molar-refractivity contribution in [3.8, 4) is 0 Å². The summed E-state index contributed by atoms with van der Waals surface area (Å²) in [6.07, 6.45) is 0. The molecule has 0 fully saturated rings. The molecule has 3 nitrogen and oxygen atoms in total. The van der Waals surface area contributed by atoms with Gasteiger partial charge in [-0.2, -0.15) is 0 Å². The van der Waals surface area contributed by atoms with Gasteiger partial charge in [0.25, 0.3) is 0 Å². The van der Waals surface area contributed by atoms with Crippen LogP contribution in [-0.2, 0) is 6.54 Å². The fraction of sp³-hybridized carbons (Fsp3) is 0.333. The van der Waals surface area contributed by atoms with E-state index in [9.17, 15) is 0 Å². The molecule has 2 rings (SSSR count). The molecular weight excluding hydrogens is 218 g/mol. The molecule has 0 saturated carbocycles. The second kappa shape index (κ2) is 5.18. The van der Waals surface area contributed by atoms with Gasteiger partial charge in [0, 0.05) is 18.0 Å². The first-order chi connectivity index (χ1) is 7.75. The molecule has 0 radical (unpaired) electrons. The number of hydrogen-bond donors (Lipinski definition) is 1. The molecular formula is C12H15N3S. The number of aromatic nitrogens is 2. The fourth-order valence-electron chi connectivity index (χ4n) is 1.49. The molecule has 2 aromatic rings. The maximum atomic E-state index is 4.00. The van der Waals surface area contributed by atoms with E-state index >= 15 is 0 Å². The molecule has 0 aliphatic heterocycles. The summed E-state index contributed by atoms with van der Waals surface area (Å²) < 4.78 is 3.84. The number of aryl methyl sites for hydroxylation is 1. The van der Waals surface area contributed by atoms with E-state index in [0.29, 0.717) is 6.04 Å². The molecule has 84 valence electrons. The zero-order chi connectivity index (χ0) is 11.4. The van der Waals surface area contributed by atoms with Crippen LogP contribution in [-0.4, -0.2) is 9.59 Å². The number of benzene rings is 1. The quantitative estimate of drug-likeness (QED) is 0.882. The number of hydrogen-bond acceptors (Lipinski definition) is 4. The standard InChI is InChI=1S/C12H15N3S/c1-9-3-5-11(6-4-9)10(2)13-7-12-8-16-15-14-12/h3-6,8,10,13H,7H2,1-2H3. The zero-order valence-electron chi connectivity index (χ0n) is 9.47. The topological polar surface area (TPSA) is 37.8 Å². The second-order valence-corrected chi connectivity index (χ2v) is 4.52. The first-order valence-electron chi connectivity index (χ1n) is 5.31. The van der Waals surface area contributed by atoms with E-state index in [2.05, 4.69) is 53.0 Å². The van der Waals surface area contributed by atoms with Crippen LogP contribution in [0.25, 0.3) is 0 Å². The van der Waals surface area contributed by atoms with Gasteiger partial charge in [-0.15, -0.1) is 5.10 Å². The largest absolute Gasteiger partial charge is 0.304 e.